The molecule has 6 nitrogen and oxygen atoms in total. The van der Waals surface area contributed by atoms with Gasteiger partial charge in [0.15, 0.2) is 17.5 Å². The smallest absolute Gasteiger partial charge is 0.191 e. The molecule has 0 fully saturated rings. The number of hydrogen-bond acceptors (Lipinski definition) is 4. The molecule has 0 spiro atoms. The third-order valence-corrected chi connectivity index (χ3v) is 4.67. The number of benzene rings is 1. The molecule has 150 valence electrons. The average Bonchev–Trinajstić information content (AvgIpc) is 2.57. The molecule has 1 atom stereocenters. The summed E-state index contributed by atoms with van der Waals surface area (Å²) >= 11 is 3.57. The third-order valence-electron chi connectivity index (χ3n) is 3.93. The first-order valence-corrected chi connectivity index (χ1v) is 8.93. The van der Waals surface area contributed by atoms with Gasteiger partial charge in [-0.15, -0.1) is 24.0 Å². The summed E-state index contributed by atoms with van der Waals surface area (Å²) in [6.07, 6.45) is 0.0823. The van der Waals surface area contributed by atoms with E-state index in [1.54, 1.807) is 28.4 Å². The Morgan fingerprint density at radius 3 is 2.15 bits per heavy atom. The lowest BCUT2D eigenvalue weighted by Gasteiger charge is -2.30. The van der Waals surface area contributed by atoms with Crippen LogP contribution >= 0.6 is 39.9 Å². The van der Waals surface area contributed by atoms with Gasteiger partial charge in [-0.05, 0) is 23.1 Å². The van der Waals surface area contributed by atoms with Gasteiger partial charge in [0.1, 0.15) is 0 Å². The van der Waals surface area contributed by atoms with Crippen LogP contribution in [0.15, 0.2) is 21.6 Å². The number of aliphatic imine (C=N–C) groups is 1. The standard InChI is InChI=1S/C18H30BrN3O3.HI/c1-18(2,3)16(25-7)11-22-17(20-4)21-10-12-8-14(23-5)15(24-6)9-13(12)19;/h8-9,16H,10-11H2,1-7H3,(H2,20,21,22);1H. The Kier molecular flexibility index (Phi) is 11.5. The van der Waals surface area contributed by atoms with E-state index in [1.807, 2.05) is 12.1 Å². The molecule has 0 saturated heterocycles. The fraction of sp³-hybridized carbons (Fsp3) is 0.611. The zero-order valence-electron chi connectivity index (χ0n) is 16.6. The van der Waals surface area contributed by atoms with Crippen molar-refractivity contribution < 1.29 is 14.2 Å². The molecule has 0 saturated carbocycles. The van der Waals surface area contributed by atoms with Crippen molar-refractivity contribution in [2.45, 2.75) is 33.4 Å². The van der Waals surface area contributed by atoms with Crippen LogP contribution in [0, 0.1) is 5.41 Å². The minimum atomic E-state index is 0. The second-order valence-electron chi connectivity index (χ2n) is 6.70. The Bertz CT molecular complexity index is 592. The van der Waals surface area contributed by atoms with E-state index in [4.69, 9.17) is 14.2 Å². The van der Waals surface area contributed by atoms with Crippen LogP contribution in [0.25, 0.3) is 0 Å². The minimum Gasteiger partial charge on any atom is -0.493 e. The highest BCUT2D eigenvalue weighted by atomic mass is 127. The molecule has 1 unspecified atom stereocenters. The van der Waals surface area contributed by atoms with Crippen LogP contribution in [-0.4, -0.2) is 47.0 Å². The van der Waals surface area contributed by atoms with Gasteiger partial charge in [0.05, 0.1) is 20.3 Å². The summed E-state index contributed by atoms with van der Waals surface area (Å²) < 4.78 is 17.2. The normalized spacial score (nSPS) is 12.8. The maximum Gasteiger partial charge on any atom is 0.191 e. The summed E-state index contributed by atoms with van der Waals surface area (Å²) in [4.78, 5) is 4.27. The molecule has 0 radical (unpaired) electrons. The summed E-state index contributed by atoms with van der Waals surface area (Å²) in [6, 6.07) is 3.84. The van der Waals surface area contributed by atoms with Crippen molar-refractivity contribution in [1.82, 2.24) is 10.6 Å². The fourth-order valence-corrected chi connectivity index (χ4v) is 2.83. The predicted octanol–water partition coefficient (Wildman–Crippen LogP) is 3.81. The Morgan fingerprint density at radius 2 is 1.69 bits per heavy atom. The molecular formula is C18H31BrIN3O3. The van der Waals surface area contributed by atoms with Gasteiger partial charge >= 0.3 is 0 Å². The first-order valence-electron chi connectivity index (χ1n) is 8.14. The third kappa shape index (κ3) is 7.48. The second kappa shape index (κ2) is 11.9. The van der Waals surface area contributed by atoms with Crippen LogP contribution in [0.4, 0.5) is 0 Å². The molecule has 0 amide bonds. The Morgan fingerprint density at radius 1 is 1.12 bits per heavy atom. The summed E-state index contributed by atoms with van der Waals surface area (Å²) in [6.45, 7) is 7.72. The maximum atomic E-state index is 5.56. The number of methoxy groups -OCH3 is 3. The molecule has 1 aromatic carbocycles. The van der Waals surface area contributed by atoms with Crippen LogP contribution < -0.4 is 20.1 Å². The lowest BCUT2D eigenvalue weighted by Crippen LogP contribution is -2.45. The van der Waals surface area contributed by atoms with E-state index in [1.165, 1.54) is 0 Å². The molecular weight excluding hydrogens is 513 g/mol. The molecule has 2 N–H and O–H groups in total. The molecule has 0 aromatic heterocycles. The van der Waals surface area contributed by atoms with Crippen LogP contribution in [0.3, 0.4) is 0 Å². The Balaban J connectivity index is 0.00000625. The van der Waals surface area contributed by atoms with Crippen molar-refractivity contribution in [3.05, 3.63) is 22.2 Å². The van der Waals surface area contributed by atoms with Crippen molar-refractivity contribution in [3.8, 4) is 11.5 Å². The van der Waals surface area contributed by atoms with Crippen molar-refractivity contribution >= 4 is 45.9 Å². The fourth-order valence-electron chi connectivity index (χ4n) is 2.36. The van der Waals surface area contributed by atoms with Gasteiger partial charge in [0, 0.05) is 31.7 Å². The van der Waals surface area contributed by atoms with Gasteiger partial charge < -0.3 is 24.8 Å². The molecule has 26 heavy (non-hydrogen) atoms. The van der Waals surface area contributed by atoms with Gasteiger partial charge in [-0.1, -0.05) is 36.7 Å². The monoisotopic (exact) mass is 543 g/mol. The topological polar surface area (TPSA) is 64.1 Å². The van der Waals surface area contributed by atoms with E-state index in [2.05, 4.69) is 52.3 Å². The summed E-state index contributed by atoms with van der Waals surface area (Å²) in [5.74, 6) is 2.10. The molecule has 0 aliphatic carbocycles. The molecule has 0 aliphatic rings. The highest BCUT2D eigenvalue weighted by Crippen LogP contribution is 2.33. The molecule has 0 bridgehead atoms. The molecule has 1 rings (SSSR count). The quantitative estimate of drug-likeness (QED) is 0.311. The molecule has 8 heteroatoms. The average molecular weight is 544 g/mol. The highest BCUT2D eigenvalue weighted by molar-refractivity contribution is 14.0. The lowest BCUT2D eigenvalue weighted by molar-refractivity contribution is 0.0205. The molecule has 0 aliphatic heterocycles. The molecule has 0 heterocycles. The Hall–Kier alpha value is -0.740. The van der Waals surface area contributed by atoms with Crippen LogP contribution in [0.5, 0.6) is 11.5 Å². The number of ether oxygens (including phenoxy) is 3. The minimum absolute atomic E-state index is 0. The van der Waals surface area contributed by atoms with E-state index in [0.717, 1.165) is 10.0 Å². The second-order valence-corrected chi connectivity index (χ2v) is 7.55. The number of halogens is 2. The lowest BCUT2D eigenvalue weighted by atomic mass is 9.89. The van der Waals surface area contributed by atoms with Gasteiger partial charge in [-0.2, -0.15) is 0 Å². The highest BCUT2D eigenvalue weighted by Gasteiger charge is 2.24. The van der Waals surface area contributed by atoms with E-state index < -0.39 is 0 Å². The van der Waals surface area contributed by atoms with Crippen molar-refractivity contribution in [3.63, 3.8) is 0 Å². The van der Waals surface area contributed by atoms with E-state index in [0.29, 0.717) is 30.5 Å². The summed E-state index contributed by atoms with van der Waals surface area (Å²) in [5, 5.41) is 6.61. The number of nitrogens with one attached hydrogen (secondary N) is 2. The molecule has 1 aromatic rings. The number of rotatable bonds is 7. The number of guanidine groups is 1. The number of hydrogen-bond donors (Lipinski definition) is 2. The SMILES string of the molecule is CN=C(NCc1cc(OC)c(OC)cc1Br)NCC(OC)C(C)(C)C.I. The van der Waals surface area contributed by atoms with Gasteiger partial charge in [0.25, 0.3) is 0 Å². The van der Waals surface area contributed by atoms with E-state index >= 15 is 0 Å². The van der Waals surface area contributed by atoms with Crippen LogP contribution in [-0.2, 0) is 11.3 Å². The maximum absolute atomic E-state index is 5.56. The van der Waals surface area contributed by atoms with Crippen molar-refractivity contribution in [2.24, 2.45) is 10.4 Å². The van der Waals surface area contributed by atoms with Crippen LogP contribution in [0.2, 0.25) is 0 Å². The van der Waals surface area contributed by atoms with Gasteiger partial charge in [-0.25, -0.2) is 0 Å². The van der Waals surface area contributed by atoms with Gasteiger partial charge in [-0.3, -0.25) is 4.99 Å². The van der Waals surface area contributed by atoms with Gasteiger partial charge in [0.2, 0.25) is 0 Å². The van der Waals surface area contributed by atoms with Crippen LogP contribution in [0.1, 0.15) is 26.3 Å². The summed E-state index contributed by atoms with van der Waals surface area (Å²) in [7, 11) is 6.72. The van der Waals surface area contributed by atoms with E-state index in [-0.39, 0.29) is 35.5 Å². The first-order chi connectivity index (χ1) is 11.8. The van der Waals surface area contributed by atoms with Crippen molar-refractivity contribution in [1.29, 1.82) is 0 Å². The predicted molar refractivity (Wildman–Crippen MR) is 121 cm³/mol. The van der Waals surface area contributed by atoms with E-state index in [9.17, 15) is 0 Å². The zero-order chi connectivity index (χ0) is 19.0. The van der Waals surface area contributed by atoms with Crippen molar-refractivity contribution in [2.75, 3.05) is 34.9 Å². The summed E-state index contributed by atoms with van der Waals surface area (Å²) in [5.41, 5.74) is 1.09. The largest absolute Gasteiger partial charge is 0.493 e. The number of nitrogens with zero attached hydrogens (tertiary/aromatic N) is 1. The Labute approximate surface area is 182 Å². The first kappa shape index (κ1) is 25.3. The zero-order valence-corrected chi connectivity index (χ0v) is 20.5.